The minimum atomic E-state index is -4.70. The van der Waals surface area contributed by atoms with Crippen molar-refractivity contribution in [1.29, 1.82) is 0 Å². The number of carbonyl (C=O) groups is 1. The van der Waals surface area contributed by atoms with Crippen molar-refractivity contribution in [3.05, 3.63) is 74.8 Å². The van der Waals surface area contributed by atoms with Gasteiger partial charge in [0.15, 0.2) is 0 Å². The molecule has 0 saturated carbocycles. The molecule has 0 bridgehead atoms. The van der Waals surface area contributed by atoms with E-state index in [2.05, 4.69) is 5.10 Å². The molecule has 0 aliphatic carbocycles. The Labute approximate surface area is 189 Å². The molecule has 10 nitrogen and oxygen atoms in total. The molecule has 1 aliphatic heterocycles. The highest BCUT2D eigenvalue weighted by Gasteiger charge is 2.34. The Morgan fingerprint density at radius 1 is 1.09 bits per heavy atom. The average molecular weight is 477 g/mol. The van der Waals surface area contributed by atoms with Gasteiger partial charge in [0, 0.05) is 37.8 Å². The lowest BCUT2D eigenvalue weighted by Crippen LogP contribution is -2.50. The van der Waals surface area contributed by atoms with Gasteiger partial charge >= 0.3 is 11.9 Å². The zero-order chi connectivity index (χ0) is 24.5. The van der Waals surface area contributed by atoms with Crippen LogP contribution in [0.5, 0.6) is 0 Å². The molecule has 34 heavy (non-hydrogen) atoms. The minimum absolute atomic E-state index is 0.0466. The second-order valence-corrected chi connectivity index (χ2v) is 7.52. The highest BCUT2D eigenvalue weighted by atomic mass is 19.4. The SMILES string of the molecule is O=C(Cn1nc(-c2ccccc2)oc1=O)N1CCN(c2ccc(C(F)(F)F)cc2[N+](=O)[O-])CC1. The van der Waals surface area contributed by atoms with Crippen molar-refractivity contribution in [2.45, 2.75) is 12.7 Å². The summed E-state index contributed by atoms with van der Waals surface area (Å²) in [6.45, 7) is 0.307. The largest absolute Gasteiger partial charge is 0.437 e. The van der Waals surface area contributed by atoms with Crippen LogP contribution in [0.4, 0.5) is 24.5 Å². The van der Waals surface area contributed by atoms with Crippen LogP contribution in [0.1, 0.15) is 5.56 Å². The van der Waals surface area contributed by atoms with Crippen molar-refractivity contribution < 1.29 is 27.3 Å². The maximum Gasteiger partial charge on any atom is 0.437 e. The quantitative estimate of drug-likeness (QED) is 0.410. The third-order valence-corrected chi connectivity index (χ3v) is 5.38. The Morgan fingerprint density at radius 2 is 1.76 bits per heavy atom. The van der Waals surface area contributed by atoms with Gasteiger partial charge in [-0.15, -0.1) is 5.10 Å². The van der Waals surface area contributed by atoms with Crippen molar-refractivity contribution in [3.8, 4) is 11.5 Å². The highest BCUT2D eigenvalue weighted by molar-refractivity contribution is 5.76. The first kappa shape index (κ1) is 23.0. The van der Waals surface area contributed by atoms with Crippen LogP contribution in [0.15, 0.2) is 57.7 Å². The standard InChI is InChI=1S/C21H18F3N5O5/c22-21(23,24)15-6-7-16(17(12-15)29(32)33)26-8-10-27(11-9-26)18(30)13-28-20(31)34-19(25-28)14-4-2-1-3-5-14/h1-7,12H,8-11,13H2. The Balaban J connectivity index is 1.43. The molecule has 4 rings (SSSR count). The number of aromatic nitrogens is 2. The molecule has 2 heterocycles. The van der Waals surface area contributed by atoms with Crippen LogP contribution in [-0.2, 0) is 17.5 Å². The summed E-state index contributed by atoms with van der Waals surface area (Å²) in [5, 5.41) is 15.4. The lowest BCUT2D eigenvalue weighted by atomic mass is 10.1. The van der Waals surface area contributed by atoms with Crippen LogP contribution in [-0.4, -0.2) is 51.7 Å². The number of alkyl halides is 3. The fraction of sp³-hybridized carbons (Fsp3) is 0.286. The van der Waals surface area contributed by atoms with Crippen LogP contribution in [0, 0.1) is 10.1 Å². The molecule has 0 spiro atoms. The fourth-order valence-electron chi connectivity index (χ4n) is 3.64. The number of rotatable bonds is 5. The number of nitro benzene ring substituents is 1. The number of hydrogen-bond donors (Lipinski definition) is 0. The average Bonchev–Trinajstić information content (AvgIpc) is 3.18. The Hall–Kier alpha value is -4.16. The normalized spacial score (nSPS) is 14.3. The molecule has 1 aromatic heterocycles. The summed E-state index contributed by atoms with van der Waals surface area (Å²) in [5.74, 6) is -1.11. The summed E-state index contributed by atoms with van der Waals surface area (Å²) in [4.78, 5) is 38.3. The van der Waals surface area contributed by atoms with Gasteiger partial charge < -0.3 is 14.2 Å². The van der Waals surface area contributed by atoms with E-state index in [1.807, 2.05) is 0 Å². The van der Waals surface area contributed by atoms with Crippen LogP contribution >= 0.6 is 0 Å². The van der Waals surface area contributed by atoms with E-state index in [1.54, 1.807) is 35.2 Å². The number of halogens is 3. The van der Waals surface area contributed by atoms with Gasteiger partial charge in [-0.3, -0.25) is 14.9 Å². The van der Waals surface area contributed by atoms with Crippen LogP contribution in [0.2, 0.25) is 0 Å². The number of anilines is 1. The number of piperazine rings is 1. The maximum absolute atomic E-state index is 12.9. The zero-order valence-corrected chi connectivity index (χ0v) is 17.6. The van der Waals surface area contributed by atoms with Crippen molar-refractivity contribution in [2.75, 3.05) is 31.1 Å². The summed E-state index contributed by atoms with van der Waals surface area (Å²) in [7, 11) is 0. The van der Waals surface area contributed by atoms with Crippen molar-refractivity contribution in [1.82, 2.24) is 14.7 Å². The van der Waals surface area contributed by atoms with Gasteiger partial charge in [0.1, 0.15) is 12.2 Å². The van der Waals surface area contributed by atoms with E-state index in [9.17, 15) is 32.9 Å². The fourth-order valence-corrected chi connectivity index (χ4v) is 3.64. The number of nitro groups is 1. The third kappa shape index (κ3) is 4.77. The lowest BCUT2D eigenvalue weighted by Gasteiger charge is -2.35. The monoisotopic (exact) mass is 477 g/mol. The van der Waals surface area contributed by atoms with Crippen molar-refractivity contribution in [2.24, 2.45) is 0 Å². The first-order chi connectivity index (χ1) is 16.1. The number of nitrogens with zero attached hydrogens (tertiary/aromatic N) is 5. The Bertz CT molecular complexity index is 1260. The molecule has 1 amide bonds. The summed E-state index contributed by atoms with van der Waals surface area (Å²) < 4.78 is 44.8. The predicted molar refractivity (Wildman–Crippen MR) is 113 cm³/mol. The van der Waals surface area contributed by atoms with E-state index in [0.717, 1.165) is 16.8 Å². The summed E-state index contributed by atoms with van der Waals surface area (Å²) >= 11 is 0. The minimum Gasteiger partial charge on any atom is -0.388 e. The molecule has 0 atom stereocenters. The molecule has 1 saturated heterocycles. The molecular formula is C21H18F3N5O5. The highest BCUT2D eigenvalue weighted by Crippen LogP contribution is 2.36. The van der Waals surface area contributed by atoms with Gasteiger partial charge in [0.25, 0.3) is 5.69 Å². The molecule has 1 aliphatic rings. The Kier molecular flexibility index (Phi) is 6.09. The second kappa shape index (κ2) is 9.00. The third-order valence-electron chi connectivity index (χ3n) is 5.38. The molecule has 0 radical (unpaired) electrons. The first-order valence-corrected chi connectivity index (χ1v) is 10.2. The number of carbonyl (C=O) groups excluding carboxylic acids is 1. The zero-order valence-electron chi connectivity index (χ0n) is 17.6. The van der Waals surface area contributed by atoms with Crippen molar-refractivity contribution >= 4 is 17.3 Å². The van der Waals surface area contributed by atoms with Crippen molar-refractivity contribution in [3.63, 3.8) is 0 Å². The van der Waals surface area contributed by atoms with Crippen LogP contribution < -0.4 is 10.7 Å². The van der Waals surface area contributed by atoms with E-state index in [-0.39, 0.29) is 44.3 Å². The molecule has 3 aromatic rings. The van der Waals surface area contributed by atoms with Crippen LogP contribution in [0.3, 0.4) is 0 Å². The number of benzene rings is 2. The van der Waals surface area contributed by atoms with Crippen LogP contribution in [0.25, 0.3) is 11.5 Å². The topological polar surface area (TPSA) is 115 Å². The molecule has 178 valence electrons. The number of hydrogen-bond acceptors (Lipinski definition) is 7. The lowest BCUT2D eigenvalue weighted by molar-refractivity contribution is -0.384. The molecule has 0 unspecified atom stereocenters. The van der Waals surface area contributed by atoms with E-state index in [4.69, 9.17) is 4.42 Å². The van der Waals surface area contributed by atoms with Gasteiger partial charge in [-0.25, -0.2) is 4.79 Å². The van der Waals surface area contributed by atoms with Gasteiger partial charge in [-0.05, 0) is 24.3 Å². The number of amides is 1. The molecule has 0 N–H and O–H groups in total. The molecular weight excluding hydrogens is 459 g/mol. The van der Waals surface area contributed by atoms with Gasteiger partial charge in [-0.2, -0.15) is 17.9 Å². The maximum atomic E-state index is 12.9. The van der Waals surface area contributed by atoms with Gasteiger partial charge in [-0.1, -0.05) is 18.2 Å². The second-order valence-electron chi connectivity index (χ2n) is 7.52. The van der Waals surface area contributed by atoms with E-state index in [1.165, 1.54) is 4.90 Å². The van der Waals surface area contributed by atoms with Gasteiger partial charge in [0.2, 0.25) is 11.8 Å². The Morgan fingerprint density at radius 3 is 2.38 bits per heavy atom. The van der Waals surface area contributed by atoms with E-state index in [0.29, 0.717) is 11.6 Å². The molecule has 13 heteroatoms. The van der Waals surface area contributed by atoms with E-state index < -0.39 is 34.0 Å². The summed E-state index contributed by atoms with van der Waals surface area (Å²) in [6, 6.07) is 11.1. The van der Waals surface area contributed by atoms with Gasteiger partial charge in [0.05, 0.1) is 10.5 Å². The molecule has 1 fully saturated rings. The van der Waals surface area contributed by atoms with E-state index >= 15 is 0 Å². The molecule has 2 aromatic carbocycles. The summed E-state index contributed by atoms with van der Waals surface area (Å²) in [6.07, 6.45) is -4.70. The smallest absolute Gasteiger partial charge is 0.388 e. The first-order valence-electron chi connectivity index (χ1n) is 10.2. The summed E-state index contributed by atoms with van der Waals surface area (Å²) in [5.41, 5.74) is -1.13. The predicted octanol–water partition coefficient (Wildman–Crippen LogP) is 2.78.